The van der Waals surface area contributed by atoms with Crippen molar-refractivity contribution in [3.63, 3.8) is 0 Å². The Labute approximate surface area is 165 Å². The van der Waals surface area contributed by atoms with E-state index in [-0.39, 0.29) is 36.4 Å². The van der Waals surface area contributed by atoms with Gasteiger partial charge in [0.05, 0.1) is 18.7 Å². The minimum Gasteiger partial charge on any atom is -0.394 e. The van der Waals surface area contributed by atoms with Crippen LogP contribution in [0.1, 0.15) is 41.3 Å². The second kappa shape index (κ2) is 8.85. The zero-order valence-corrected chi connectivity index (χ0v) is 16.2. The van der Waals surface area contributed by atoms with E-state index in [1.807, 2.05) is 61.5 Å². The smallest absolute Gasteiger partial charge is 0.251 e. The summed E-state index contributed by atoms with van der Waals surface area (Å²) in [6.45, 7) is 3.70. The maximum atomic E-state index is 12.4. The number of rotatable bonds is 6. The molecule has 0 saturated carbocycles. The summed E-state index contributed by atoms with van der Waals surface area (Å²) in [5.74, 6) is -0.289. The molecule has 1 fully saturated rings. The van der Waals surface area contributed by atoms with Crippen molar-refractivity contribution in [2.24, 2.45) is 0 Å². The third-order valence-electron chi connectivity index (χ3n) is 5.28. The van der Waals surface area contributed by atoms with Gasteiger partial charge in [0, 0.05) is 24.9 Å². The molecule has 5 heteroatoms. The third-order valence-corrected chi connectivity index (χ3v) is 5.28. The van der Waals surface area contributed by atoms with Gasteiger partial charge < -0.3 is 15.3 Å². The standard InChI is InChI=1S/C23H26N2O3/c1-3-7-17-10-12-18(13-11-17)22-20(25(16(2)27)21(22)15-26)14-24-23(28)19-8-5-4-6-9-19/h3-13,20-22,26H,14-15H2,1-2H3,(H,24,28)/b7-3+/t20-,21+,22-/m0/s1. The van der Waals surface area contributed by atoms with Crippen LogP contribution in [0.2, 0.25) is 0 Å². The van der Waals surface area contributed by atoms with Crippen LogP contribution in [0.3, 0.4) is 0 Å². The number of amides is 2. The second-order valence-corrected chi connectivity index (χ2v) is 7.01. The van der Waals surface area contributed by atoms with Gasteiger partial charge in [0.15, 0.2) is 0 Å². The molecular weight excluding hydrogens is 352 g/mol. The fourth-order valence-corrected chi connectivity index (χ4v) is 4.00. The molecule has 28 heavy (non-hydrogen) atoms. The molecule has 0 spiro atoms. The Morgan fingerprint density at radius 1 is 1.07 bits per heavy atom. The van der Waals surface area contributed by atoms with E-state index in [0.717, 1.165) is 11.1 Å². The summed E-state index contributed by atoms with van der Waals surface area (Å²) in [5, 5.41) is 12.8. The summed E-state index contributed by atoms with van der Waals surface area (Å²) in [6.07, 6.45) is 4.00. The van der Waals surface area contributed by atoms with E-state index in [4.69, 9.17) is 0 Å². The molecule has 2 N–H and O–H groups in total. The number of hydrogen-bond donors (Lipinski definition) is 2. The molecule has 146 valence electrons. The van der Waals surface area contributed by atoms with Gasteiger partial charge in [0.1, 0.15) is 0 Å². The van der Waals surface area contributed by atoms with Crippen molar-refractivity contribution in [2.45, 2.75) is 31.8 Å². The van der Waals surface area contributed by atoms with Gasteiger partial charge in [-0.05, 0) is 30.2 Å². The fourth-order valence-electron chi connectivity index (χ4n) is 4.00. The number of aliphatic hydroxyl groups is 1. The van der Waals surface area contributed by atoms with E-state index in [0.29, 0.717) is 12.1 Å². The lowest BCUT2D eigenvalue weighted by molar-refractivity contribution is -0.147. The van der Waals surface area contributed by atoms with Crippen LogP contribution in [0.25, 0.3) is 6.08 Å². The minimum absolute atomic E-state index is 0.0235. The number of likely N-dealkylation sites (tertiary alicyclic amines) is 1. The molecule has 0 unspecified atom stereocenters. The number of carbonyl (C=O) groups is 2. The predicted octanol–water partition coefficient (Wildman–Crippen LogP) is 2.82. The zero-order valence-electron chi connectivity index (χ0n) is 16.2. The Morgan fingerprint density at radius 3 is 2.32 bits per heavy atom. The Morgan fingerprint density at radius 2 is 1.75 bits per heavy atom. The molecule has 0 radical (unpaired) electrons. The maximum absolute atomic E-state index is 12.4. The lowest BCUT2D eigenvalue weighted by Crippen LogP contribution is -2.68. The average Bonchev–Trinajstić information content (AvgIpc) is 2.69. The van der Waals surface area contributed by atoms with Crippen molar-refractivity contribution >= 4 is 17.9 Å². The normalized spacial score (nSPS) is 21.4. The van der Waals surface area contributed by atoms with Crippen molar-refractivity contribution in [2.75, 3.05) is 13.2 Å². The van der Waals surface area contributed by atoms with Gasteiger partial charge in [-0.15, -0.1) is 0 Å². The van der Waals surface area contributed by atoms with E-state index in [2.05, 4.69) is 5.32 Å². The molecule has 1 aliphatic rings. The van der Waals surface area contributed by atoms with Crippen LogP contribution in [-0.4, -0.2) is 47.1 Å². The van der Waals surface area contributed by atoms with Gasteiger partial charge >= 0.3 is 0 Å². The molecule has 3 atom stereocenters. The maximum Gasteiger partial charge on any atom is 0.251 e. The zero-order chi connectivity index (χ0) is 20.1. The highest BCUT2D eigenvalue weighted by molar-refractivity contribution is 5.94. The van der Waals surface area contributed by atoms with Crippen LogP contribution in [0, 0.1) is 0 Å². The molecule has 5 nitrogen and oxygen atoms in total. The first kappa shape index (κ1) is 19.8. The molecule has 1 aliphatic heterocycles. The van der Waals surface area contributed by atoms with Crippen molar-refractivity contribution in [1.82, 2.24) is 10.2 Å². The van der Waals surface area contributed by atoms with E-state index < -0.39 is 0 Å². The summed E-state index contributed by atoms with van der Waals surface area (Å²) in [5.41, 5.74) is 2.74. The number of nitrogens with one attached hydrogen (secondary N) is 1. The van der Waals surface area contributed by atoms with E-state index >= 15 is 0 Å². The second-order valence-electron chi connectivity index (χ2n) is 7.01. The SMILES string of the molecule is C/C=C/c1ccc([C@@H]2[C@@H](CO)N(C(C)=O)[C@H]2CNC(=O)c2ccccc2)cc1. The first-order valence-electron chi connectivity index (χ1n) is 9.52. The molecule has 1 heterocycles. The predicted molar refractivity (Wildman–Crippen MR) is 110 cm³/mol. The van der Waals surface area contributed by atoms with Gasteiger partial charge in [0.2, 0.25) is 5.91 Å². The number of carbonyl (C=O) groups excluding carboxylic acids is 2. The van der Waals surface area contributed by atoms with Crippen molar-refractivity contribution in [1.29, 1.82) is 0 Å². The first-order valence-corrected chi connectivity index (χ1v) is 9.52. The molecular formula is C23H26N2O3. The first-order chi connectivity index (χ1) is 13.6. The number of hydrogen-bond acceptors (Lipinski definition) is 3. The highest BCUT2D eigenvalue weighted by Gasteiger charge is 2.49. The van der Waals surface area contributed by atoms with Crippen molar-refractivity contribution in [3.8, 4) is 0 Å². The monoisotopic (exact) mass is 378 g/mol. The van der Waals surface area contributed by atoms with Crippen LogP contribution >= 0.6 is 0 Å². The Hall–Kier alpha value is -2.92. The van der Waals surface area contributed by atoms with E-state index in [1.54, 1.807) is 17.0 Å². The Bertz CT molecular complexity index is 846. The lowest BCUT2D eigenvalue weighted by atomic mass is 9.75. The molecule has 0 aromatic heterocycles. The van der Waals surface area contributed by atoms with Crippen LogP contribution in [-0.2, 0) is 4.79 Å². The van der Waals surface area contributed by atoms with Crippen LogP contribution in [0.4, 0.5) is 0 Å². The number of allylic oxidation sites excluding steroid dienone is 1. The molecule has 2 amide bonds. The minimum atomic E-state index is -0.274. The molecule has 3 rings (SSSR count). The lowest BCUT2D eigenvalue weighted by Gasteiger charge is -2.54. The van der Waals surface area contributed by atoms with Crippen LogP contribution in [0.5, 0.6) is 0 Å². The van der Waals surface area contributed by atoms with Gasteiger partial charge in [-0.25, -0.2) is 0 Å². The summed E-state index contributed by atoms with van der Waals surface area (Å²) < 4.78 is 0. The Balaban J connectivity index is 1.78. The highest BCUT2D eigenvalue weighted by atomic mass is 16.3. The summed E-state index contributed by atoms with van der Waals surface area (Å²) in [4.78, 5) is 26.2. The molecule has 0 bridgehead atoms. The summed E-state index contributed by atoms with van der Waals surface area (Å²) in [7, 11) is 0. The number of aliphatic hydroxyl groups excluding tert-OH is 1. The molecule has 0 aliphatic carbocycles. The molecule has 1 saturated heterocycles. The Kier molecular flexibility index (Phi) is 6.26. The quantitative estimate of drug-likeness (QED) is 0.812. The van der Waals surface area contributed by atoms with Crippen molar-refractivity contribution in [3.05, 3.63) is 77.4 Å². The van der Waals surface area contributed by atoms with E-state index in [1.165, 1.54) is 6.92 Å². The largest absolute Gasteiger partial charge is 0.394 e. The highest BCUT2D eigenvalue weighted by Crippen LogP contribution is 2.40. The van der Waals surface area contributed by atoms with Crippen molar-refractivity contribution < 1.29 is 14.7 Å². The number of nitrogens with zero attached hydrogens (tertiary/aromatic N) is 1. The van der Waals surface area contributed by atoms with Gasteiger partial charge in [-0.3, -0.25) is 9.59 Å². The average molecular weight is 378 g/mol. The topological polar surface area (TPSA) is 69.6 Å². The van der Waals surface area contributed by atoms with E-state index in [9.17, 15) is 14.7 Å². The molecule has 2 aromatic rings. The van der Waals surface area contributed by atoms with Crippen LogP contribution in [0.15, 0.2) is 60.7 Å². The van der Waals surface area contributed by atoms with Gasteiger partial charge in [-0.2, -0.15) is 0 Å². The van der Waals surface area contributed by atoms with Gasteiger partial charge in [0.25, 0.3) is 5.91 Å². The van der Waals surface area contributed by atoms with Gasteiger partial charge in [-0.1, -0.05) is 54.6 Å². The molecule has 2 aromatic carbocycles. The summed E-state index contributed by atoms with van der Waals surface area (Å²) >= 11 is 0. The third kappa shape index (κ3) is 3.99. The number of benzene rings is 2. The summed E-state index contributed by atoms with van der Waals surface area (Å²) in [6, 6.07) is 16.7. The van der Waals surface area contributed by atoms with Crippen LogP contribution < -0.4 is 5.32 Å². The fraction of sp³-hybridized carbons (Fsp3) is 0.304.